The lowest BCUT2D eigenvalue weighted by atomic mass is 10.2. The molecule has 0 unspecified atom stereocenters. The molecule has 0 spiro atoms. The normalized spacial score (nSPS) is 10.4. The second-order valence-corrected chi connectivity index (χ2v) is 4.85. The van der Waals surface area contributed by atoms with Crippen molar-refractivity contribution in [1.29, 1.82) is 0 Å². The van der Waals surface area contributed by atoms with Crippen molar-refractivity contribution < 1.29 is 4.74 Å². The fraction of sp³-hybridized carbons (Fsp3) is 0.154. The number of benzene rings is 1. The second-order valence-electron chi connectivity index (χ2n) is 3.74. The molecule has 2 nitrogen and oxygen atoms in total. The van der Waals surface area contributed by atoms with Gasteiger partial charge in [0.05, 0.1) is 10.9 Å². The third-order valence-electron chi connectivity index (χ3n) is 2.34. The molecule has 0 saturated carbocycles. The first kappa shape index (κ1) is 13.5. The lowest BCUT2D eigenvalue weighted by molar-refractivity contribution is 0.477. The molecule has 0 aliphatic heterocycles. The fourth-order valence-electron chi connectivity index (χ4n) is 1.43. The maximum Gasteiger partial charge on any atom is 0.146 e. The minimum absolute atomic E-state index is 0.327. The highest BCUT2D eigenvalue weighted by molar-refractivity contribution is 6.35. The Morgan fingerprint density at radius 3 is 2.61 bits per heavy atom. The number of ether oxygens (including phenoxy) is 1. The van der Waals surface area contributed by atoms with Gasteiger partial charge in [-0.3, -0.25) is 4.98 Å². The summed E-state index contributed by atoms with van der Waals surface area (Å²) in [6.07, 6.45) is 1.70. The van der Waals surface area contributed by atoms with E-state index in [1.54, 1.807) is 24.4 Å². The van der Waals surface area contributed by atoms with Gasteiger partial charge in [-0.2, -0.15) is 0 Å². The number of halogens is 3. The van der Waals surface area contributed by atoms with Crippen LogP contribution < -0.4 is 4.74 Å². The van der Waals surface area contributed by atoms with Gasteiger partial charge in [0, 0.05) is 28.5 Å². The summed E-state index contributed by atoms with van der Waals surface area (Å²) in [6, 6.07) is 6.89. The molecule has 2 aromatic rings. The summed E-state index contributed by atoms with van der Waals surface area (Å²) in [5.74, 6) is 1.52. The van der Waals surface area contributed by atoms with Gasteiger partial charge in [0.2, 0.25) is 0 Å². The third-order valence-corrected chi connectivity index (χ3v) is 3.16. The van der Waals surface area contributed by atoms with E-state index in [0.29, 0.717) is 27.4 Å². The highest BCUT2D eigenvalue weighted by Gasteiger charge is 2.08. The van der Waals surface area contributed by atoms with Crippen molar-refractivity contribution in [2.45, 2.75) is 12.8 Å². The Kier molecular flexibility index (Phi) is 4.33. The SMILES string of the molecule is Cc1cc(Oc2ccc(Cl)cc2Cl)c(CCl)cn1. The van der Waals surface area contributed by atoms with Gasteiger partial charge in [0.15, 0.2) is 0 Å². The van der Waals surface area contributed by atoms with Crippen LogP contribution in [0.4, 0.5) is 0 Å². The number of nitrogens with zero attached hydrogens (tertiary/aromatic N) is 1. The molecule has 0 radical (unpaired) electrons. The second kappa shape index (κ2) is 5.79. The van der Waals surface area contributed by atoms with Crippen LogP contribution >= 0.6 is 34.8 Å². The quantitative estimate of drug-likeness (QED) is 0.724. The van der Waals surface area contributed by atoms with Gasteiger partial charge in [-0.15, -0.1) is 11.6 Å². The standard InChI is InChI=1S/C13H10Cl3NO/c1-8-4-13(9(6-14)7-17-8)18-12-3-2-10(15)5-11(12)16/h2-5,7H,6H2,1H3. The summed E-state index contributed by atoms with van der Waals surface area (Å²) < 4.78 is 5.75. The lowest BCUT2D eigenvalue weighted by Crippen LogP contribution is -1.93. The molecule has 1 aromatic heterocycles. The molecule has 0 aliphatic carbocycles. The Morgan fingerprint density at radius 1 is 1.17 bits per heavy atom. The van der Waals surface area contributed by atoms with Crippen molar-refractivity contribution in [2.24, 2.45) is 0 Å². The Labute approximate surface area is 120 Å². The average Bonchev–Trinajstić information content (AvgIpc) is 2.33. The van der Waals surface area contributed by atoms with Crippen LogP contribution in [-0.4, -0.2) is 4.98 Å². The first-order valence-electron chi connectivity index (χ1n) is 5.24. The van der Waals surface area contributed by atoms with Crippen LogP contribution in [0.15, 0.2) is 30.5 Å². The minimum atomic E-state index is 0.327. The van der Waals surface area contributed by atoms with Crippen LogP contribution in [0, 0.1) is 6.92 Å². The predicted octanol–water partition coefficient (Wildman–Crippen LogP) is 5.23. The van der Waals surface area contributed by atoms with Crippen LogP contribution in [0.25, 0.3) is 0 Å². The number of pyridine rings is 1. The van der Waals surface area contributed by atoms with Crippen molar-refractivity contribution in [2.75, 3.05) is 0 Å². The van der Waals surface area contributed by atoms with Crippen molar-refractivity contribution in [3.63, 3.8) is 0 Å². The van der Waals surface area contributed by atoms with Gasteiger partial charge in [-0.25, -0.2) is 0 Å². The van der Waals surface area contributed by atoms with Gasteiger partial charge in [-0.05, 0) is 25.1 Å². The topological polar surface area (TPSA) is 22.1 Å². The van der Waals surface area contributed by atoms with Crippen molar-refractivity contribution >= 4 is 34.8 Å². The minimum Gasteiger partial charge on any atom is -0.455 e. The zero-order valence-electron chi connectivity index (χ0n) is 9.58. The van der Waals surface area contributed by atoms with E-state index in [1.807, 2.05) is 13.0 Å². The van der Waals surface area contributed by atoms with Crippen LogP contribution in [0.5, 0.6) is 11.5 Å². The highest BCUT2D eigenvalue weighted by Crippen LogP contribution is 2.33. The van der Waals surface area contributed by atoms with Crippen molar-refractivity contribution in [1.82, 2.24) is 4.98 Å². The Bertz CT molecular complexity index is 572. The summed E-state index contributed by atoms with van der Waals surface area (Å²) in [7, 11) is 0. The van der Waals surface area contributed by atoms with E-state index in [-0.39, 0.29) is 0 Å². The van der Waals surface area contributed by atoms with Crippen molar-refractivity contribution in [3.05, 3.63) is 51.8 Å². The molecular formula is C13H10Cl3NO. The molecule has 0 amide bonds. The first-order valence-corrected chi connectivity index (χ1v) is 6.53. The summed E-state index contributed by atoms with van der Waals surface area (Å²) in [4.78, 5) is 4.17. The predicted molar refractivity (Wildman–Crippen MR) is 75.1 cm³/mol. The Balaban J connectivity index is 2.36. The highest BCUT2D eigenvalue weighted by atomic mass is 35.5. The zero-order valence-corrected chi connectivity index (χ0v) is 11.9. The summed E-state index contributed by atoms with van der Waals surface area (Å²) in [5.41, 5.74) is 1.66. The summed E-state index contributed by atoms with van der Waals surface area (Å²) >= 11 is 17.7. The maximum atomic E-state index is 6.06. The van der Waals surface area contributed by atoms with Gasteiger partial charge in [-0.1, -0.05) is 23.2 Å². The third kappa shape index (κ3) is 3.08. The molecule has 0 atom stereocenters. The molecule has 1 aromatic carbocycles. The van der Waals surface area contributed by atoms with Gasteiger partial charge in [0.1, 0.15) is 11.5 Å². The Morgan fingerprint density at radius 2 is 1.94 bits per heavy atom. The molecule has 2 rings (SSSR count). The Hall–Kier alpha value is -0.960. The average molecular weight is 303 g/mol. The molecule has 0 N–H and O–H groups in total. The van der Waals surface area contributed by atoms with Crippen LogP contribution in [-0.2, 0) is 5.88 Å². The van der Waals surface area contributed by atoms with Crippen LogP contribution in [0.1, 0.15) is 11.3 Å². The molecule has 1 heterocycles. The molecule has 0 saturated heterocycles. The molecule has 0 aliphatic rings. The summed E-state index contributed by atoms with van der Waals surface area (Å²) in [5, 5.41) is 1.02. The van der Waals surface area contributed by atoms with E-state index >= 15 is 0 Å². The van der Waals surface area contributed by atoms with E-state index in [2.05, 4.69) is 4.98 Å². The smallest absolute Gasteiger partial charge is 0.146 e. The van der Waals surface area contributed by atoms with E-state index in [4.69, 9.17) is 39.5 Å². The molecule has 94 valence electrons. The zero-order chi connectivity index (χ0) is 13.1. The lowest BCUT2D eigenvalue weighted by Gasteiger charge is -2.11. The molecule has 0 fully saturated rings. The molecular weight excluding hydrogens is 293 g/mol. The summed E-state index contributed by atoms with van der Waals surface area (Å²) in [6.45, 7) is 1.88. The van der Waals surface area contributed by atoms with Gasteiger partial charge < -0.3 is 4.74 Å². The van der Waals surface area contributed by atoms with E-state index in [9.17, 15) is 0 Å². The number of aryl methyl sites for hydroxylation is 1. The van der Waals surface area contributed by atoms with Crippen molar-refractivity contribution in [3.8, 4) is 11.5 Å². The largest absolute Gasteiger partial charge is 0.455 e. The van der Waals surface area contributed by atoms with E-state index in [1.165, 1.54) is 0 Å². The van der Waals surface area contributed by atoms with E-state index < -0.39 is 0 Å². The number of aromatic nitrogens is 1. The number of alkyl halides is 1. The molecule has 5 heteroatoms. The van der Waals surface area contributed by atoms with Crippen LogP contribution in [0.2, 0.25) is 10.0 Å². The van der Waals surface area contributed by atoms with Gasteiger partial charge in [0.25, 0.3) is 0 Å². The van der Waals surface area contributed by atoms with Gasteiger partial charge >= 0.3 is 0 Å². The number of rotatable bonds is 3. The monoisotopic (exact) mass is 301 g/mol. The van der Waals surface area contributed by atoms with E-state index in [0.717, 1.165) is 11.3 Å². The molecule has 18 heavy (non-hydrogen) atoms. The van der Waals surface area contributed by atoms with Crippen LogP contribution in [0.3, 0.4) is 0 Å². The first-order chi connectivity index (χ1) is 8.60. The maximum absolute atomic E-state index is 6.06. The molecule has 0 bridgehead atoms. The number of hydrogen-bond donors (Lipinski definition) is 0. The fourth-order valence-corrected chi connectivity index (χ4v) is 2.08. The number of hydrogen-bond acceptors (Lipinski definition) is 2.